The molecule has 1 heterocycles. The van der Waals surface area contributed by atoms with E-state index in [4.69, 9.17) is 19.9 Å². The van der Waals surface area contributed by atoms with Crippen LogP contribution < -0.4 is 25.3 Å². The van der Waals surface area contributed by atoms with E-state index < -0.39 is 13.0 Å². The highest BCUT2D eigenvalue weighted by molar-refractivity contribution is 5.92. The zero-order valence-electron chi connectivity index (χ0n) is 14.4. The van der Waals surface area contributed by atoms with Crippen molar-refractivity contribution in [3.05, 3.63) is 42.1 Å². The van der Waals surface area contributed by atoms with Crippen molar-refractivity contribution in [3.63, 3.8) is 0 Å². The van der Waals surface area contributed by atoms with Crippen LogP contribution in [0, 0.1) is 0 Å². The molecule has 2 rings (SSSR count). The molecular weight excluding hydrogens is 346 g/mol. The number of methoxy groups -OCH3 is 2. The Morgan fingerprint density at radius 3 is 2.65 bits per heavy atom. The van der Waals surface area contributed by atoms with Crippen LogP contribution in [-0.4, -0.2) is 38.2 Å². The number of alkyl halides is 2. The number of nitrogens with one attached hydrogen (secondary N) is 1. The van der Waals surface area contributed by atoms with Crippen molar-refractivity contribution in [2.75, 3.05) is 26.1 Å². The maximum atomic E-state index is 12.2. The molecule has 26 heavy (non-hydrogen) atoms. The summed E-state index contributed by atoms with van der Waals surface area (Å²) in [4.78, 5) is 8.07. The lowest BCUT2D eigenvalue weighted by atomic mass is 10.2. The van der Waals surface area contributed by atoms with E-state index in [1.54, 1.807) is 31.4 Å². The SMILES string of the molecule is COc1ccc(NC(N)=NCc2ccnc(OCC(F)F)c2)cc1OC. The van der Waals surface area contributed by atoms with E-state index in [0.29, 0.717) is 17.2 Å². The lowest BCUT2D eigenvalue weighted by Crippen LogP contribution is -2.22. The zero-order valence-corrected chi connectivity index (χ0v) is 14.4. The Labute approximate surface area is 149 Å². The number of aromatic nitrogens is 1. The van der Waals surface area contributed by atoms with E-state index in [1.807, 2.05) is 0 Å². The number of pyridine rings is 1. The summed E-state index contributed by atoms with van der Waals surface area (Å²) in [7, 11) is 3.09. The molecule has 0 saturated heterocycles. The number of guanidine groups is 1. The zero-order chi connectivity index (χ0) is 18.9. The van der Waals surface area contributed by atoms with Gasteiger partial charge in [0, 0.05) is 24.0 Å². The Kier molecular flexibility index (Phi) is 6.95. The van der Waals surface area contributed by atoms with E-state index in [0.717, 1.165) is 5.56 Å². The van der Waals surface area contributed by atoms with Crippen molar-refractivity contribution < 1.29 is 23.0 Å². The topological polar surface area (TPSA) is 91.0 Å². The minimum absolute atomic E-state index is 0.115. The first-order chi connectivity index (χ1) is 12.5. The Bertz CT molecular complexity index is 757. The molecule has 0 bridgehead atoms. The van der Waals surface area contributed by atoms with Crippen molar-refractivity contribution in [3.8, 4) is 17.4 Å². The molecule has 0 aliphatic rings. The summed E-state index contributed by atoms with van der Waals surface area (Å²) < 4.78 is 39.6. The summed E-state index contributed by atoms with van der Waals surface area (Å²) >= 11 is 0. The van der Waals surface area contributed by atoms with Gasteiger partial charge in [-0.2, -0.15) is 0 Å². The maximum Gasteiger partial charge on any atom is 0.272 e. The molecule has 140 valence electrons. The number of nitrogens with two attached hydrogens (primary N) is 1. The highest BCUT2D eigenvalue weighted by Crippen LogP contribution is 2.29. The molecule has 0 radical (unpaired) electrons. The van der Waals surface area contributed by atoms with Crippen LogP contribution in [0.15, 0.2) is 41.5 Å². The number of hydrogen-bond acceptors (Lipinski definition) is 5. The fourth-order valence-corrected chi connectivity index (χ4v) is 2.05. The maximum absolute atomic E-state index is 12.2. The number of rotatable bonds is 8. The summed E-state index contributed by atoms with van der Waals surface area (Å²) in [6.45, 7) is -0.470. The highest BCUT2D eigenvalue weighted by Gasteiger charge is 2.06. The Hall–Kier alpha value is -3.10. The fraction of sp³-hybridized carbons (Fsp3) is 0.294. The second-order valence-electron chi connectivity index (χ2n) is 5.10. The third kappa shape index (κ3) is 5.76. The number of anilines is 1. The van der Waals surface area contributed by atoms with Crippen LogP contribution in [0.5, 0.6) is 17.4 Å². The molecule has 3 N–H and O–H groups in total. The molecule has 0 atom stereocenters. The van der Waals surface area contributed by atoms with Crippen LogP contribution >= 0.6 is 0 Å². The quantitative estimate of drug-likeness (QED) is 0.551. The first-order valence-corrected chi connectivity index (χ1v) is 7.66. The molecule has 0 aliphatic carbocycles. The van der Waals surface area contributed by atoms with Crippen molar-refractivity contribution >= 4 is 11.6 Å². The van der Waals surface area contributed by atoms with Crippen molar-refractivity contribution in [1.29, 1.82) is 0 Å². The van der Waals surface area contributed by atoms with Gasteiger partial charge in [-0.25, -0.2) is 18.8 Å². The van der Waals surface area contributed by atoms with Crippen molar-refractivity contribution in [2.45, 2.75) is 13.0 Å². The largest absolute Gasteiger partial charge is 0.493 e. The number of halogens is 2. The average molecular weight is 366 g/mol. The van der Waals surface area contributed by atoms with E-state index in [-0.39, 0.29) is 18.4 Å². The fourth-order valence-electron chi connectivity index (χ4n) is 2.05. The molecule has 1 aromatic carbocycles. The lowest BCUT2D eigenvalue weighted by Gasteiger charge is -2.11. The molecule has 0 amide bonds. The van der Waals surface area contributed by atoms with Crippen LogP contribution in [-0.2, 0) is 6.54 Å². The van der Waals surface area contributed by atoms with Crippen LogP contribution in [0.3, 0.4) is 0 Å². The van der Waals surface area contributed by atoms with Gasteiger partial charge in [-0.15, -0.1) is 0 Å². The monoisotopic (exact) mass is 366 g/mol. The molecule has 1 aromatic heterocycles. The van der Waals surface area contributed by atoms with Gasteiger partial charge in [0.1, 0.15) is 0 Å². The minimum Gasteiger partial charge on any atom is -0.493 e. The number of benzene rings is 1. The van der Waals surface area contributed by atoms with Gasteiger partial charge < -0.3 is 25.3 Å². The van der Waals surface area contributed by atoms with Gasteiger partial charge >= 0.3 is 0 Å². The number of ether oxygens (including phenoxy) is 3. The van der Waals surface area contributed by atoms with E-state index >= 15 is 0 Å². The van der Waals surface area contributed by atoms with Gasteiger partial charge in [0.2, 0.25) is 5.88 Å². The molecule has 0 unspecified atom stereocenters. The molecule has 0 saturated carbocycles. The molecule has 0 aliphatic heterocycles. The minimum atomic E-state index is -2.56. The van der Waals surface area contributed by atoms with Gasteiger partial charge in [-0.05, 0) is 23.8 Å². The van der Waals surface area contributed by atoms with Gasteiger partial charge in [-0.1, -0.05) is 0 Å². The summed E-state index contributed by atoms with van der Waals surface area (Å²) in [6, 6.07) is 8.47. The average Bonchev–Trinajstić information content (AvgIpc) is 2.65. The predicted molar refractivity (Wildman–Crippen MR) is 94.2 cm³/mol. The third-order valence-corrected chi connectivity index (χ3v) is 3.24. The molecule has 9 heteroatoms. The number of aliphatic imine (C=N–C) groups is 1. The molecule has 2 aromatic rings. The molecule has 0 spiro atoms. The Balaban J connectivity index is 1.99. The summed E-state index contributed by atoms with van der Waals surface area (Å²) in [6.07, 6.45) is -1.09. The molecule has 7 nitrogen and oxygen atoms in total. The Morgan fingerprint density at radius 2 is 1.96 bits per heavy atom. The van der Waals surface area contributed by atoms with E-state index in [1.165, 1.54) is 19.4 Å². The van der Waals surface area contributed by atoms with E-state index in [9.17, 15) is 8.78 Å². The third-order valence-electron chi connectivity index (χ3n) is 3.24. The molecular formula is C17H20F2N4O3. The summed E-state index contributed by atoms with van der Waals surface area (Å²) in [5.41, 5.74) is 7.28. The smallest absolute Gasteiger partial charge is 0.272 e. The summed E-state index contributed by atoms with van der Waals surface area (Å²) in [5, 5.41) is 2.94. The first-order valence-electron chi connectivity index (χ1n) is 7.66. The van der Waals surface area contributed by atoms with Gasteiger partial charge in [0.25, 0.3) is 6.43 Å². The van der Waals surface area contributed by atoms with Crippen molar-refractivity contribution in [1.82, 2.24) is 4.98 Å². The number of nitrogens with zero attached hydrogens (tertiary/aromatic N) is 2. The lowest BCUT2D eigenvalue weighted by molar-refractivity contribution is 0.0795. The van der Waals surface area contributed by atoms with Crippen LogP contribution in [0.2, 0.25) is 0 Å². The number of hydrogen-bond donors (Lipinski definition) is 2. The highest BCUT2D eigenvalue weighted by atomic mass is 19.3. The standard InChI is InChI=1S/C17H20F2N4O3/c1-24-13-4-3-12(8-14(13)25-2)23-17(20)22-9-11-5-6-21-16(7-11)26-10-15(18)19/h3-8,15H,9-10H2,1-2H3,(H3,20,22,23). The van der Waals surface area contributed by atoms with E-state index in [2.05, 4.69) is 15.3 Å². The summed E-state index contributed by atoms with van der Waals surface area (Å²) in [5.74, 6) is 1.45. The van der Waals surface area contributed by atoms with Crippen LogP contribution in [0.1, 0.15) is 5.56 Å². The van der Waals surface area contributed by atoms with Crippen LogP contribution in [0.25, 0.3) is 0 Å². The predicted octanol–water partition coefficient (Wildman–Crippen LogP) is 2.67. The normalized spacial score (nSPS) is 11.3. The first kappa shape index (κ1) is 19.2. The second-order valence-corrected chi connectivity index (χ2v) is 5.10. The molecule has 0 fully saturated rings. The Morgan fingerprint density at radius 1 is 1.19 bits per heavy atom. The van der Waals surface area contributed by atoms with Crippen molar-refractivity contribution in [2.24, 2.45) is 10.7 Å². The van der Waals surface area contributed by atoms with Crippen LogP contribution in [0.4, 0.5) is 14.5 Å². The van der Waals surface area contributed by atoms with Gasteiger partial charge in [0.05, 0.1) is 20.8 Å². The van der Waals surface area contributed by atoms with Gasteiger partial charge in [-0.3, -0.25) is 0 Å². The van der Waals surface area contributed by atoms with Gasteiger partial charge in [0.15, 0.2) is 24.1 Å². The second kappa shape index (κ2) is 9.40.